The summed E-state index contributed by atoms with van der Waals surface area (Å²) in [7, 11) is 0. The SMILES string of the molecule is O=C(CN1CCSC[C@H]1c1ccccc1)N1CCOCC1. The molecule has 21 heavy (non-hydrogen) atoms. The second kappa shape index (κ2) is 7.29. The predicted molar refractivity (Wildman–Crippen MR) is 85.5 cm³/mol. The molecule has 114 valence electrons. The largest absolute Gasteiger partial charge is 0.378 e. The first-order valence-electron chi connectivity index (χ1n) is 7.57. The van der Waals surface area contributed by atoms with Gasteiger partial charge < -0.3 is 9.64 Å². The number of carbonyl (C=O) groups is 1. The molecule has 1 amide bonds. The third kappa shape index (κ3) is 3.78. The second-order valence-corrected chi connectivity index (χ2v) is 6.61. The Morgan fingerprint density at radius 2 is 1.95 bits per heavy atom. The fourth-order valence-electron chi connectivity index (χ4n) is 2.90. The van der Waals surface area contributed by atoms with E-state index < -0.39 is 0 Å². The van der Waals surface area contributed by atoms with Crippen LogP contribution in [0.1, 0.15) is 11.6 Å². The molecule has 0 radical (unpaired) electrons. The summed E-state index contributed by atoms with van der Waals surface area (Å²) >= 11 is 1.98. The van der Waals surface area contributed by atoms with Crippen LogP contribution in [0.2, 0.25) is 0 Å². The van der Waals surface area contributed by atoms with Crippen molar-refractivity contribution in [1.29, 1.82) is 0 Å². The van der Waals surface area contributed by atoms with Crippen LogP contribution < -0.4 is 0 Å². The molecule has 2 heterocycles. The smallest absolute Gasteiger partial charge is 0.236 e. The van der Waals surface area contributed by atoms with Gasteiger partial charge in [-0.3, -0.25) is 9.69 Å². The highest BCUT2D eigenvalue weighted by Crippen LogP contribution is 2.29. The molecular weight excluding hydrogens is 284 g/mol. The lowest BCUT2D eigenvalue weighted by Crippen LogP contribution is -2.48. The average Bonchev–Trinajstić information content (AvgIpc) is 2.57. The van der Waals surface area contributed by atoms with E-state index in [1.807, 2.05) is 22.7 Å². The fourth-order valence-corrected chi connectivity index (χ4v) is 4.05. The van der Waals surface area contributed by atoms with Gasteiger partial charge >= 0.3 is 0 Å². The van der Waals surface area contributed by atoms with E-state index in [1.54, 1.807) is 0 Å². The lowest BCUT2D eigenvalue weighted by Gasteiger charge is -2.37. The topological polar surface area (TPSA) is 32.8 Å². The van der Waals surface area contributed by atoms with Crippen LogP contribution in [0.5, 0.6) is 0 Å². The third-order valence-corrected chi connectivity index (χ3v) is 5.15. The Labute approximate surface area is 130 Å². The summed E-state index contributed by atoms with van der Waals surface area (Å²) < 4.78 is 5.32. The molecule has 1 aromatic rings. The minimum atomic E-state index is 0.242. The number of rotatable bonds is 3. The number of ether oxygens (including phenoxy) is 1. The van der Waals surface area contributed by atoms with Gasteiger partial charge in [0.1, 0.15) is 0 Å². The number of hydrogen-bond acceptors (Lipinski definition) is 4. The molecule has 0 unspecified atom stereocenters. The molecule has 1 atom stereocenters. The van der Waals surface area contributed by atoms with Crippen molar-refractivity contribution in [2.75, 3.05) is 50.9 Å². The lowest BCUT2D eigenvalue weighted by molar-refractivity contribution is -0.137. The highest BCUT2D eigenvalue weighted by atomic mass is 32.2. The first-order valence-corrected chi connectivity index (χ1v) is 8.72. The monoisotopic (exact) mass is 306 g/mol. The van der Waals surface area contributed by atoms with E-state index in [2.05, 4.69) is 29.2 Å². The number of carbonyl (C=O) groups excluding carboxylic acids is 1. The third-order valence-electron chi connectivity index (χ3n) is 4.13. The van der Waals surface area contributed by atoms with Gasteiger partial charge in [-0.1, -0.05) is 30.3 Å². The van der Waals surface area contributed by atoms with Crippen LogP contribution in [0.15, 0.2) is 30.3 Å². The molecule has 0 spiro atoms. The summed E-state index contributed by atoms with van der Waals surface area (Å²) in [5.74, 6) is 2.42. The van der Waals surface area contributed by atoms with E-state index in [-0.39, 0.29) is 5.91 Å². The van der Waals surface area contributed by atoms with Gasteiger partial charge in [-0.25, -0.2) is 0 Å². The number of amides is 1. The maximum absolute atomic E-state index is 12.5. The van der Waals surface area contributed by atoms with E-state index >= 15 is 0 Å². The van der Waals surface area contributed by atoms with Crippen molar-refractivity contribution in [3.8, 4) is 0 Å². The van der Waals surface area contributed by atoms with Crippen LogP contribution in [0.25, 0.3) is 0 Å². The van der Waals surface area contributed by atoms with Crippen LogP contribution in [0.4, 0.5) is 0 Å². The summed E-state index contributed by atoms with van der Waals surface area (Å²) in [6.45, 7) is 4.32. The van der Waals surface area contributed by atoms with Crippen molar-refractivity contribution in [3.05, 3.63) is 35.9 Å². The van der Waals surface area contributed by atoms with Crippen molar-refractivity contribution in [1.82, 2.24) is 9.80 Å². The van der Waals surface area contributed by atoms with Gasteiger partial charge in [-0.05, 0) is 5.56 Å². The van der Waals surface area contributed by atoms with Gasteiger partial charge in [0.05, 0.1) is 19.8 Å². The van der Waals surface area contributed by atoms with E-state index in [0.29, 0.717) is 25.8 Å². The molecule has 0 saturated carbocycles. The molecule has 0 N–H and O–H groups in total. The van der Waals surface area contributed by atoms with Crippen molar-refractivity contribution in [2.24, 2.45) is 0 Å². The second-order valence-electron chi connectivity index (χ2n) is 5.47. The summed E-state index contributed by atoms with van der Waals surface area (Å²) in [5, 5.41) is 0. The standard InChI is InChI=1S/C16H22N2O2S/c19-16(17-6-9-20-10-7-17)12-18-8-11-21-13-15(18)14-4-2-1-3-5-14/h1-5,15H,6-13H2/t15-/m0/s1. The Morgan fingerprint density at radius 1 is 1.19 bits per heavy atom. The van der Waals surface area contributed by atoms with Gasteiger partial charge in [-0.15, -0.1) is 0 Å². The van der Waals surface area contributed by atoms with E-state index in [4.69, 9.17) is 4.74 Å². The Kier molecular flexibility index (Phi) is 5.17. The molecule has 0 bridgehead atoms. The maximum atomic E-state index is 12.5. The number of benzene rings is 1. The van der Waals surface area contributed by atoms with Crippen molar-refractivity contribution in [2.45, 2.75) is 6.04 Å². The van der Waals surface area contributed by atoms with Gasteiger partial charge in [0.2, 0.25) is 5.91 Å². The molecule has 0 aromatic heterocycles. The molecule has 1 aromatic carbocycles. The summed E-state index contributed by atoms with van der Waals surface area (Å²) in [4.78, 5) is 16.7. The molecule has 4 nitrogen and oxygen atoms in total. The number of morpholine rings is 1. The minimum absolute atomic E-state index is 0.242. The Hall–Kier alpha value is -1.04. The Bertz CT molecular complexity index is 463. The molecule has 3 rings (SSSR count). The van der Waals surface area contributed by atoms with Crippen LogP contribution in [0, 0.1) is 0 Å². The molecule has 2 saturated heterocycles. The van der Waals surface area contributed by atoms with Crippen molar-refractivity contribution >= 4 is 17.7 Å². The predicted octanol–water partition coefficient (Wildman–Crippen LogP) is 1.64. The summed E-state index contributed by atoms with van der Waals surface area (Å²) in [6, 6.07) is 10.9. The van der Waals surface area contributed by atoms with E-state index in [1.165, 1.54) is 5.56 Å². The van der Waals surface area contributed by atoms with Gasteiger partial charge in [0.15, 0.2) is 0 Å². The first-order chi connectivity index (χ1) is 10.3. The van der Waals surface area contributed by atoms with Crippen LogP contribution in [-0.4, -0.2) is 66.6 Å². The molecular formula is C16H22N2O2S. The van der Waals surface area contributed by atoms with Crippen molar-refractivity contribution in [3.63, 3.8) is 0 Å². The highest BCUT2D eigenvalue weighted by molar-refractivity contribution is 7.99. The molecule has 5 heteroatoms. The summed E-state index contributed by atoms with van der Waals surface area (Å²) in [6.07, 6.45) is 0. The molecule has 2 aliphatic rings. The number of hydrogen-bond donors (Lipinski definition) is 0. The molecule has 2 fully saturated rings. The number of thioether (sulfide) groups is 1. The lowest BCUT2D eigenvalue weighted by atomic mass is 10.1. The quantitative estimate of drug-likeness (QED) is 0.850. The zero-order valence-corrected chi connectivity index (χ0v) is 13.1. The van der Waals surface area contributed by atoms with Gasteiger partial charge in [0, 0.05) is 37.2 Å². The van der Waals surface area contributed by atoms with E-state index in [9.17, 15) is 4.79 Å². The zero-order chi connectivity index (χ0) is 14.5. The number of nitrogens with zero attached hydrogens (tertiary/aromatic N) is 2. The van der Waals surface area contributed by atoms with Gasteiger partial charge in [0.25, 0.3) is 0 Å². The van der Waals surface area contributed by atoms with Gasteiger partial charge in [-0.2, -0.15) is 11.8 Å². The zero-order valence-electron chi connectivity index (χ0n) is 12.2. The fraction of sp³-hybridized carbons (Fsp3) is 0.562. The summed E-state index contributed by atoms with van der Waals surface area (Å²) in [5.41, 5.74) is 1.32. The van der Waals surface area contributed by atoms with Crippen LogP contribution >= 0.6 is 11.8 Å². The normalized spacial score (nSPS) is 24.0. The first kappa shape index (κ1) is 14.9. The van der Waals surface area contributed by atoms with Crippen molar-refractivity contribution < 1.29 is 9.53 Å². The van der Waals surface area contributed by atoms with E-state index in [0.717, 1.165) is 31.1 Å². The van der Waals surface area contributed by atoms with Crippen LogP contribution in [-0.2, 0) is 9.53 Å². The maximum Gasteiger partial charge on any atom is 0.236 e. The minimum Gasteiger partial charge on any atom is -0.378 e. The van der Waals surface area contributed by atoms with Crippen LogP contribution in [0.3, 0.4) is 0 Å². The Balaban J connectivity index is 1.65. The average molecular weight is 306 g/mol. The highest BCUT2D eigenvalue weighted by Gasteiger charge is 2.28. The molecule has 0 aliphatic carbocycles. The Morgan fingerprint density at radius 3 is 2.71 bits per heavy atom. The molecule has 2 aliphatic heterocycles.